The number of fused-ring (bicyclic) bond motifs is 1. The minimum Gasteiger partial charge on any atom is -0.435 e. The standard InChI is InChI=1S/C26H26F2N6O2.ClH/c1-32(25(35)17-7-9-19(10-8-17)36-26(27)28)18-12-15-34(16-13-18)24-21-6-4-3-5-20(21)23(30-31-24)22-11-14-29-33(22)2;/h3-11,14,18,26H,12-13,15-16H2,1-2H3;1H. The third-order valence-corrected chi connectivity index (χ3v) is 6.69. The summed E-state index contributed by atoms with van der Waals surface area (Å²) in [6, 6.07) is 15.9. The number of halogens is 3. The quantitative estimate of drug-likeness (QED) is 0.358. The second kappa shape index (κ2) is 11.1. The van der Waals surface area contributed by atoms with E-state index in [9.17, 15) is 13.6 Å². The van der Waals surface area contributed by atoms with Crippen LogP contribution in [-0.4, -0.2) is 63.6 Å². The summed E-state index contributed by atoms with van der Waals surface area (Å²) in [6.45, 7) is -1.44. The van der Waals surface area contributed by atoms with Gasteiger partial charge in [-0.3, -0.25) is 9.48 Å². The van der Waals surface area contributed by atoms with Crippen molar-refractivity contribution in [2.75, 3.05) is 25.0 Å². The lowest BCUT2D eigenvalue weighted by molar-refractivity contribution is -0.0498. The van der Waals surface area contributed by atoms with Gasteiger partial charge in [-0.25, -0.2) is 0 Å². The maximum absolute atomic E-state index is 13.0. The van der Waals surface area contributed by atoms with Gasteiger partial charge in [-0.05, 0) is 43.2 Å². The van der Waals surface area contributed by atoms with E-state index in [2.05, 4.69) is 31.0 Å². The van der Waals surface area contributed by atoms with Gasteiger partial charge in [0.05, 0.1) is 5.69 Å². The molecule has 1 saturated heterocycles. The fraction of sp³-hybridized carbons (Fsp3) is 0.308. The van der Waals surface area contributed by atoms with Gasteiger partial charge in [0.25, 0.3) is 5.91 Å². The molecule has 2 aromatic heterocycles. The first kappa shape index (κ1) is 26.3. The average molecular weight is 529 g/mol. The number of anilines is 1. The number of piperidine rings is 1. The van der Waals surface area contributed by atoms with Gasteiger partial charge in [-0.2, -0.15) is 13.9 Å². The molecule has 37 heavy (non-hydrogen) atoms. The van der Waals surface area contributed by atoms with Crippen LogP contribution in [0.3, 0.4) is 0 Å². The van der Waals surface area contributed by atoms with Crippen molar-refractivity contribution in [3.8, 4) is 17.1 Å². The number of rotatable bonds is 6. The first-order chi connectivity index (χ1) is 17.4. The Kier molecular flexibility index (Phi) is 7.87. The van der Waals surface area contributed by atoms with Gasteiger partial charge in [0.1, 0.15) is 11.4 Å². The van der Waals surface area contributed by atoms with E-state index in [-0.39, 0.29) is 30.1 Å². The molecule has 3 heterocycles. The fourth-order valence-corrected chi connectivity index (χ4v) is 4.73. The van der Waals surface area contributed by atoms with Crippen LogP contribution in [0.4, 0.5) is 14.6 Å². The number of carbonyl (C=O) groups excluding carboxylic acids is 1. The number of hydrogen-bond acceptors (Lipinski definition) is 6. The molecule has 1 aliphatic heterocycles. The Labute approximate surface area is 219 Å². The number of hydrogen-bond donors (Lipinski definition) is 0. The number of benzene rings is 2. The van der Waals surface area contributed by atoms with Crippen molar-refractivity contribution in [2.24, 2.45) is 7.05 Å². The van der Waals surface area contributed by atoms with E-state index < -0.39 is 6.61 Å². The van der Waals surface area contributed by atoms with Crippen LogP contribution >= 0.6 is 12.4 Å². The highest BCUT2D eigenvalue weighted by Crippen LogP contribution is 2.32. The van der Waals surface area contributed by atoms with E-state index in [1.54, 1.807) is 22.8 Å². The van der Waals surface area contributed by atoms with Crippen LogP contribution in [0.1, 0.15) is 23.2 Å². The Morgan fingerprint density at radius 3 is 2.32 bits per heavy atom. The summed E-state index contributed by atoms with van der Waals surface area (Å²) in [4.78, 5) is 16.9. The van der Waals surface area contributed by atoms with E-state index in [4.69, 9.17) is 0 Å². The van der Waals surface area contributed by atoms with Crippen LogP contribution in [0, 0.1) is 0 Å². The number of alkyl halides is 2. The van der Waals surface area contributed by atoms with Crippen molar-refractivity contribution in [3.05, 3.63) is 66.4 Å². The molecule has 0 atom stereocenters. The van der Waals surface area contributed by atoms with Crippen LogP contribution in [-0.2, 0) is 7.05 Å². The van der Waals surface area contributed by atoms with Crippen molar-refractivity contribution < 1.29 is 18.3 Å². The lowest BCUT2D eigenvalue weighted by Crippen LogP contribution is -2.46. The third kappa shape index (κ3) is 5.34. The normalized spacial score (nSPS) is 14.0. The summed E-state index contributed by atoms with van der Waals surface area (Å²) >= 11 is 0. The number of aromatic nitrogens is 4. The first-order valence-corrected chi connectivity index (χ1v) is 11.7. The Bertz CT molecular complexity index is 1370. The molecule has 0 unspecified atom stereocenters. The van der Waals surface area contributed by atoms with Crippen LogP contribution in [0.25, 0.3) is 22.2 Å². The Balaban J connectivity index is 0.00000320. The van der Waals surface area contributed by atoms with Gasteiger partial charge < -0.3 is 14.5 Å². The monoisotopic (exact) mass is 528 g/mol. The highest BCUT2D eigenvalue weighted by molar-refractivity contribution is 6.00. The van der Waals surface area contributed by atoms with Gasteiger partial charge in [0.15, 0.2) is 5.82 Å². The molecule has 0 radical (unpaired) electrons. The molecule has 0 N–H and O–H groups in total. The minimum absolute atomic E-state index is 0. The van der Waals surface area contributed by atoms with E-state index in [0.29, 0.717) is 5.56 Å². The van der Waals surface area contributed by atoms with Crippen molar-refractivity contribution in [1.29, 1.82) is 0 Å². The van der Waals surface area contributed by atoms with E-state index in [1.165, 1.54) is 24.3 Å². The number of carbonyl (C=O) groups is 1. The van der Waals surface area contributed by atoms with E-state index >= 15 is 0 Å². The topological polar surface area (TPSA) is 76.4 Å². The molecule has 1 aliphatic rings. The van der Waals surface area contributed by atoms with Gasteiger partial charge in [0.2, 0.25) is 0 Å². The highest BCUT2D eigenvalue weighted by Gasteiger charge is 2.28. The molecule has 194 valence electrons. The summed E-state index contributed by atoms with van der Waals surface area (Å²) < 4.78 is 30.9. The van der Waals surface area contributed by atoms with Gasteiger partial charge in [0, 0.05) is 55.8 Å². The van der Waals surface area contributed by atoms with Crippen LogP contribution in [0.2, 0.25) is 0 Å². The van der Waals surface area contributed by atoms with Crippen LogP contribution < -0.4 is 9.64 Å². The molecule has 0 aliphatic carbocycles. The second-order valence-corrected chi connectivity index (χ2v) is 8.80. The zero-order valence-electron chi connectivity index (χ0n) is 20.4. The van der Waals surface area contributed by atoms with Crippen LogP contribution in [0.15, 0.2) is 60.8 Å². The van der Waals surface area contributed by atoms with Crippen molar-refractivity contribution in [3.63, 3.8) is 0 Å². The molecule has 0 spiro atoms. The molecule has 5 rings (SSSR count). The van der Waals surface area contributed by atoms with Gasteiger partial charge in [-0.15, -0.1) is 22.6 Å². The van der Waals surface area contributed by atoms with Crippen LogP contribution in [0.5, 0.6) is 5.75 Å². The van der Waals surface area contributed by atoms with Gasteiger partial charge in [-0.1, -0.05) is 24.3 Å². The second-order valence-electron chi connectivity index (χ2n) is 8.80. The molecular weight excluding hydrogens is 502 g/mol. The first-order valence-electron chi connectivity index (χ1n) is 11.7. The number of amides is 1. The molecule has 1 amide bonds. The lowest BCUT2D eigenvalue weighted by Gasteiger charge is -2.37. The summed E-state index contributed by atoms with van der Waals surface area (Å²) in [5.74, 6) is 0.710. The number of nitrogens with zero attached hydrogens (tertiary/aromatic N) is 6. The van der Waals surface area contributed by atoms with Crippen molar-refractivity contribution in [1.82, 2.24) is 24.9 Å². The smallest absolute Gasteiger partial charge is 0.387 e. The maximum Gasteiger partial charge on any atom is 0.387 e. The zero-order valence-corrected chi connectivity index (χ0v) is 21.2. The molecule has 1 fully saturated rings. The molecule has 8 nitrogen and oxygen atoms in total. The maximum atomic E-state index is 13.0. The summed E-state index contributed by atoms with van der Waals surface area (Å²) in [7, 11) is 3.66. The van der Waals surface area contributed by atoms with Crippen molar-refractivity contribution in [2.45, 2.75) is 25.5 Å². The fourth-order valence-electron chi connectivity index (χ4n) is 4.73. The van der Waals surface area contributed by atoms with E-state index in [0.717, 1.165) is 53.9 Å². The summed E-state index contributed by atoms with van der Waals surface area (Å²) in [5, 5.41) is 15.5. The third-order valence-electron chi connectivity index (χ3n) is 6.69. The zero-order chi connectivity index (χ0) is 25.2. The van der Waals surface area contributed by atoms with E-state index in [1.807, 2.05) is 31.3 Å². The molecule has 2 aromatic carbocycles. The minimum atomic E-state index is -2.90. The highest BCUT2D eigenvalue weighted by atomic mass is 35.5. The lowest BCUT2D eigenvalue weighted by atomic mass is 10.0. The average Bonchev–Trinajstić information content (AvgIpc) is 3.33. The summed E-state index contributed by atoms with van der Waals surface area (Å²) in [6.07, 6.45) is 3.29. The molecule has 4 aromatic rings. The van der Waals surface area contributed by atoms with Gasteiger partial charge >= 0.3 is 6.61 Å². The number of aryl methyl sites for hydroxylation is 1. The molecular formula is C26H27ClF2N6O2. The Hall–Kier alpha value is -3.79. The largest absolute Gasteiger partial charge is 0.435 e. The SMILES string of the molecule is CN(C(=O)c1ccc(OC(F)F)cc1)C1CCN(c2nnc(-c3ccnn3C)c3ccccc23)CC1.Cl. The Morgan fingerprint density at radius 1 is 1.03 bits per heavy atom. The summed E-state index contributed by atoms with van der Waals surface area (Å²) in [5.41, 5.74) is 2.13. The molecule has 0 saturated carbocycles. The predicted molar refractivity (Wildman–Crippen MR) is 139 cm³/mol. The Morgan fingerprint density at radius 2 is 1.70 bits per heavy atom. The predicted octanol–water partition coefficient (Wildman–Crippen LogP) is 4.79. The molecule has 0 bridgehead atoms. The molecule has 11 heteroatoms. The number of ether oxygens (including phenoxy) is 1. The van der Waals surface area contributed by atoms with Crippen molar-refractivity contribution >= 4 is 34.9 Å².